The molecule has 5 nitrogen and oxygen atoms in total. The maximum Gasteiger partial charge on any atom is 0.261 e. The average molecular weight is 380 g/mol. The highest BCUT2D eigenvalue weighted by Crippen LogP contribution is 2.40. The number of imide groups is 1. The SMILES string of the molecule is CC(C)(C)C(=O)N1CCc2cccc(C3=CC(=O)N(C4CCCCC4)C3=O)c21. The lowest BCUT2D eigenvalue weighted by Crippen LogP contribution is -2.41. The Bertz CT molecular complexity index is 872. The van der Waals surface area contributed by atoms with Crippen LogP contribution in [0.4, 0.5) is 5.69 Å². The van der Waals surface area contributed by atoms with Crippen LogP contribution < -0.4 is 4.90 Å². The van der Waals surface area contributed by atoms with E-state index in [0.717, 1.165) is 43.4 Å². The second-order valence-corrected chi connectivity index (χ2v) is 9.13. The van der Waals surface area contributed by atoms with Crippen LogP contribution in [0.15, 0.2) is 24.3 Å². The Morgan fingerprint density at radius 2 is 1.79 bits per heavy atom. The summed E-state index contributed by atoms with van der Waals surface area (Å²) < 4.78 is 0. The van der Waals surface area contributed by atoms with E-state index in [1.54, 1.807) is 4.90 Å². The van der Waals surface area contributed by atoms with Crippen LogP contribution in [0.3, 0.4) is 0 Å². The first-order valence-electron chi connectivity index (χ1n) is 10.3. The molecule has 0 unspecified atom stereocenters. The van der Waals surface area contributed by atoms with Crippen LogP contribution >= 0.6 is 0 Å². The van der Waals surface area contributed by atoms with Crippen molar-refractivity contribution in [2.75, 3.05) is 11.4 Å². The Morgan fingerprint density at radius 3 is 2.46 bits per heavy atom. The van der Waals surface area contributed by atoms with Crippen molar-refractivity contribution in [2.24, 2.45) is 5.41 Å². The summed E-state index contributed by atoms with van der Waals surface area (Å²) in [6, 6.07) is 5.80. The van der Waals surface area contributed by atoms with E-state index in [1.807, 2.05) is 39.0 Å². The predicted octanol–water partition coefficient (Wildman–Crippen LogP) is 3.71. The van der Waals surface area contributed by atoms with Crippen molar-refractivity contribution in [1.29, 1.82) is 0 Å². The first-order valence-corrected chi connectivity index (χ1v) is 10.3. The molecule has 3 aliphatic rings. The molecule has 148 valence electrons. The lowest BCUT2D eigenvalue weighted by Gasteiger charge is -2.30. The fourth-order valence-corrected chi connectivity index (χ4v) is 4.64. The summed E-state index contributed by atoms with van der Waals surface area (Å²) in [7, 11) is 0. The van der Waals surface area contributed by atoms with E-state index in [2.05, 4.69) is 0 Å². The van der Waals surface area contributed by atoms with Crippen molar-refractivity contribution in [3.63, 3.8) is 0 Å². The van der Waals surface area contributed by atoms with Gasteiger partial charge >= 0.3 is 0 Å². The minimum absolute atomic E-state index is 0.00608. The van der Waals surface area contributed by atoms with Crippen molar-refractivity contribution in [1.82, 2.24) is 4.90 Å². The molecule has 0 N–H and O–H groups in total. The Kier molecular flexibility index (Phi) is 4.64. The molecular formula is C23H28N2O3. The maximum absolute atomic E-state index is 13.2. The zero-order chi connectivity index (χ0) is 20.1. The van der Waals surface area contributed by atoms with Gasteiger partial charge in [-0.05, 0) is 24.8 Å². The second-order valence-electron chi connectivity index (χ2n) is 9.13. The van der Waals surface area contributed by atoms with Gasteiger partial charge in [-0.1, -0.05) is 58.2 Å². The minimum atomic E-state index is -0.507. The number of hydrogen-bond donors (Lipinski definition) is 0. The number of rotatable bonds is 2. The summed E-state index contributed by atoms with van der Waals surface area (Å²) in [5, 5.41) is 0. The number of anilines is 1. The number of amides is 3. The number of nitrogens with zero attached hydrogens (tertiary/aromatic N) is 2. The zero-order valence-corrected chi connectivity index (χ0v) is 17.0. The summed E-state index contributed by atoms with van der Waals surface area (Å²) in [5.41, 5.74) is 2.50. The maximum atomic E-state index is 13.2. The van der Waals surface area contributed by atoms with Gasteiger partial charge in [0.1, 0.15) is 0 Å². The smallest absolute Gasteiger partial charge is 0.261 e. The molecule has 1 aliphatic carbocycles. The molecule has 1 aromatic rings. The first kappa shape index (κ1) is 18.9. The molecule has 0 radical (unpaired) electrons. The quantitative estimate of drug-likeness (QED) is 0.735. The molecular weight excluding hydrogens is 352 g/mol. The Labute approximate surface area is 166 Å². The van der Waals surface area contributed by atoms with Gasteiger partial charge in [-0.2, -0.15) is 0 Å². The monoisotopic (exact) mass is 380 g/mol. The molecule has 2 aliphatic heterocycles. The van der Waals surface area contributed by atoms with E-state index < -0.39 is 5.41 Å². The standard InChI is InChI=1S/C23H28N2O3/c1-23(2,3)22(28)24-13-12-15-8-7-11-17(20(15)24)18-14-19(26)25(21(18)27)16-9-5-4-6-10-16/h7-8,11,14,16H,4-6,9-10,12-13H2,1-3H3. The highest BCUT2D eigenvalue weighted by atomic mass is 16.2. The van der Waals surface area contributed by atoms with Crippen LogP contribution in [-0.4, -0.2) is 35.2 Å². The molecule has 5 heteroatoms. The lowest BCUT2D eigenvalue weighted by molar-refractivity contribution is -0.139. The predicted molar refractivity (Wildman–Crippen MR) is 109 cm³/mol. The molecule has 0 spiro atoms. The summed E-state index contributed by atoms with van der Waals surface area (Å²) in [5.74, 6) is -0.378. The number of hydrogen-bond acceptors (Lipinski definition) is 3. The summed E-state index contributed by atoms with van der Waals surface area (Å²) in [6.45, 7) is 6.34. The zero-order valence-electron chi connectivity index (χ0n) is 17.0. The normalized spacial score (nSPS) is 20.6. The largest absolute Gasteiger partial charge is 0.311 e. The van der Waals surface area contributed by atoms with Gasteiger partial charge in [0, 0.05) is 29.6 Å². The Hall–Kier alpha value is -2.43. The van der Waals surface area contributed by atoms with E-state index in [1.165, 1.54) is 17.4 Å². The Balaban J connectivity index is 1.71. The second kappa shape index (κ2) is 6.87. The molecule has 0 aromatic heterocycles. The molecule has 28 heavy (non-hydrogen) atoms. The number of carbonyl (C=O) groups excluding carboxylic acids is 3. The third kappa shape index (κ3) is 3.07. The van der Waals surface area contributed by atoms with Crippen molar-refractivity contribution in [2.45, 2.75) is 65.3 Å². The van der Waals surface area contributed by atoms with Gasteiger partial charge in [0.25, 0.3) is 11.8 Å². The molecule has 1 fully saturated rings. The fraction of sp³-hybridized carbons (Fsp3) is 0.522. The van der Waals surface area contributed by atoms with Gasteiger partial charge in [0.05, 0.1) is 11.3 Å². The molecule has 0 bridgehead atoms. The van der Waals surface area contributed by atoms with Gasteiger partial charge in [-0.3, -0.25) is 19.3 Å². The topological polar surface area (TPSA) is 57.7 Å². The van der Waals surface area contributed by atoms with Gasteiger partial charge in [-0.25, -0.2) is 0 Å². The van der Waals surface area contributed by atoms with Crippen LogP contribution in [-0.2, 0) is 20.8 Å². The van der Waals surface area contributed by atoms with Gasteiger partial charge in [-0.15, -0.1) is 0 Å². The number of benzene rings is 1. The Morgan fingerprint density at radius 1 is 1.07 bits per heavy atom. The highest BCUT2D eigenvalue weighted by Gasteiger charge is 2.40. The number of para-hydroxylation sites is 1. The first-order chi connectivity index (χ1) is 13.3. The summed E-state index contributed by atoms with van der Waals surface area (Å²) in [6.07, 6.45) is 7.32. The molecule has 4 rings (SSSR count). The molecule has 2 heterocycles. The van der Waals surface area contributed by atoms with Crippen molar-refractivity contribution in [3.8, 4) is 0 Å². The van der Waals surface area contributed by atoms with E-state index in [9.17, 15) is 14.4 Å². The molecule has 1 aromatic carbocycles. The number of carbonyl (C=O) groups is 3. The van der Waals surface area contributed by atoms with Crippen LogP contribution in [0, 0.1) is 5.41 Å². The summed E-state index contributed by atoms with van der Waals surface area (Å²) >= 11 is 0. The van der Waals surface area contributed by atoms with E-state index in [0.29, 0.717) is 17.7 Å². The van der Waals surface area contributed by atoms with Crippen LogP contribution in [0.1, 0.15) is 64.0 Å². The lowest BCUT2D eigenvalue weighted by atomic mass is 9.93. The third-order valence-corrected chi connectivity index (χ3v) is 6.07. The molecule has 3 amide bonds. The van der Waals surface area contributed by atoms with E-state index >= 15 is 0 Å². The van der Waals surface area contributed by atoms with Gasteiger partial charge in [0.2, 0.25) is 5.91 Å². The van der Waals surface area contributed by atoms with Crippen molar-refractivity contribution >= 4 is 29.0 Å². The van der Waals surface area contributed by atoms with Gasteiger partial charge < -0.3 is 4.90 Å². The van der Waals surface area contributed by atoms with Crippen LogP contribution in [0.5, 0.6) is 0 Å². The van der Waals surface area contributed by atoms with Crippen LogP contribution in [0.2, 0.25) is 0 Å². The van der Waals surface area contributed by atoms with Crippen molar-refractivity contribution < 1.29 is 14.4 Å². The molecule has 1 saturated carbocycles. The third-order valence-electron chi connectivity index (χ3n) is 6.07. The molecule has 0 atom stereocenters. The fourth-order valence-electron chi connectivity index (χ4n) is 4.64. The minimum Gasteiger partial charge on any atom is -0.311 e. The molecule has 0 saturated heterocycles. The van der Waals surface area contributed by atoms with E-state index in [4.69, 9.17) is 0 Å². The average Bonchev–Trinajstić information content (AvgIpc) is 3.22. The van der Waals surface area contributed by atoms with Crippen molar-refractivity contribution in [3.05, 3.63) is 35.4 Å². The van der Waals surface area contributed by atoms with Crippen LogP contribution in [0.25, 0.3) is 5.57 Å². The highest BCUT2D eigenvalue weighted by molar-refractivity contribution is 6.34. The van der Waals surface area contributed by atoms with Gasteiger partial charge in [0.15, 0.2) is 0 Å². The summed E-state index contributed by atoms with van der Waals surface area (Å²) in [4.78, 5) is 42.2. The number of fused-ring (bicyclic) bond motifs is 1. The van der Waals surface area contributed by atoms with E-state index in [-0.39, 0.29) is 23.8 Å².